The van der Waals surface area contributed by atoms with Crippen molar-refractivity contribution in [2.45, 2.75) is 39.2 Å². The summed E-state index contributed by atoms with van der Waals surface area (Å²) in [6.45, 7) is 6.04. The summed E-state index contributed by atoms with van der Waals surface area (Å²) >= 11 is 0. The van der Waals surface area contributed by atoms with Crippen LogP contribution in [0.5, 0.6) is 0 Å². The van der Waals surface area contributed by atoms with E-state index in [2.05, 4.69) is 10.3 Å². The zero-order valence-electron chi connectivity index (χ0n) is 13.5. The van der Waals surface area contributed by atoms with Gasteiger partial charge in [-0.2, -0.15) is 0 Å². The van der Waals surface area contributed by atoms with E-state index >= 15 is 0 Å². The highest BCUT2D eigenvalue weighted by Gasteiger charge is 2.27. The van der Waals surface area contributed by atoms with Crippen LogP contribution in [-0.2, 0) is 11.2 Å². The average molecular weight is 300 g/mol. The van der Waals surface area contributed by atoms with Crippen molar-refractivity contribution < 1.29 is 9.90 Å². The van der Waals surface area contributed by atoms with Gasteiger partial charge < -0.3 is 10.4 Å². The summed E-state index contributed by atoms with van der Waals surface area (Å²) in [7, 11) is 0. The quantitative estimate of drug-likeness (QED) is 0.862. The Labute approximate surface area is 131 Å². The first-order valence-electron chi connectivity index (χ1n) is 7.75. The number of nitrogens with one attached hydrogen (secondary N) is 1. The standard InChI is InChI=1S/C18H24N2O2/c1-4-13(2)18(3,22)12-20-17(21)10-14-9-15-7-5-6-8-16(15)19-11-14/h5-9,11,13,22H,4,10,12H2,1-3H3,(H,20,21)/t13-,18+/m0/s1. The molecule has 0 fully saturated rings. The number of nitrogens with zero attached hydrogens (tertiary/aromatic N) is 1. The van der Waals surface area contributed by atoms with Crippen LogP contribution in [0, 0.1) is 5.92 Å². The second-order valence-electron chi connectivity index (χ2n) is 6.16. The fourth-order valence-corrected chi connectivity index (χ4v) is 2.35. The Bertz CT molecular complexity index is 652. The van der Waals surface area contributed by atoms with Crippen molar-refractivity contribution in [2.24, 2.45) is 5.92 Å². The van der Waals surface area contributed by atoms with Crippen molar-refractivity contribution in [3.05, 3.63) is 42.1 Å². The van der Waals surface area contributed by atoms with E-state index in [1.807, 2.05) is 44.2 Å². The summed E-state index contributed by atoms with van der Waals surface area (Å²) in [5, 5.41) is 14.2. The zero-order valence-corrected chi connectivity index (χ0v) is 13.5. The second kappa shape index (κ2) is 6.88. The van der Waals surface area contributed by atoms with Crippen molar-refractivity contribution in [2.75, 3.05) is 6.54 Å². The molecule has 1 aromatic carbocycles. The van der Waals surface area contributed by atoms with Crippen LogP contribution < -0.4 is 5.32 Å². The third-order valence-electron chi connectivity index (χ3n) is 4.33. The lowest BCUT2D eigenvalue weighted by Gasteiger charge is -2.29. The van der Waals surface area contributed by atoms with Gasteiger partial charge >= 0.3 is 0 Å². The molecule has 2 atom stereocenters. The van der Waals surface area contributed by atoms with Crippen LogP contribution in [-0.4, -0.2) is 28.1 Å². The lowest BCUT2D eigenvalue weighted by molar-refractivity contribution is -0.122. The Balaban J connectivity index is 1.96. The van der Waals surface area contributed by atoms with Crippen LogP contribution in [0.15, 0.2) is 36.5 Å². The Hall–Kier alpha value is -1.94. The van der Waals surface area contributed by atoms with Gasteiger partial charge in [0.15, 0.2) is 0 Å². The van der Waals surface area contributed by atoms with Crippen molar-refractivity contribution in [3.63, 3.8) is 0 Å². The number of aliphatic hydroxyl groups is 1. The predicted molar refractivity (Wildman–Crippen MR) is 88.5 cm³/mol. The van der Waals surface area contributed by atoms with Crippen LogP contribution in [0.1, 0.15) is 32.8 Å². The van der Waals surface area contributed by atoms with Gasteiger partial charge in [0, 0.05) is 18.1 Å². The number of carbonyl (C=O) groups excluding carboxylic acids is 1. The Morgan fingerprint density at radius 1 is 1.41 bits per heavy atom. The van der Waals surface area contributed by atoms with Crippen molar-refractivity contribution in [1.29, 1.82) is 0 Å². The minimum atomic E-state index is -0.883. The third-order valence-corrected chi connectivity index (χ3v) is 4.33. The maximum Gasteiger partial charge on any atom is 0.224 e. The second-order valence-corrected chi connectivity index (χ2v) is 6.16. The van der Waals surface area contributed by atoms with Crippen LogP contribution in [0.2, 0.25) is 0 Å². The average Bonchev–Trinajstić information content (AvgIpc) is 2.52. The molecule has 22 heavy (non-hydrogen) atoms. The van der Waals surface area contributed by atoms with Crippen LogP contribution in [0.25, 0.3) is 10.9 Å². The molecule has 2 rings (SSSR count). The Kier molecular flexibility index (Phi) is 5.14. The molecule has 0 unspecified atom stereocenters. The SMILES string of the molecule is CC[C@H](C)[C@](C)(O)CNC(=O)Cc1cnc2ccccc2c1. The molecule has 4 nitrogen and oxygen atoms in total. The van der Waals surface area contributed by atoms with Crippen LogP contribution >= 0.6 is 0 Å². The van der Waals surface area contributed by atoms with E-state index in [-0.39, 0.29) is 24.8 Å². The maximum atomic E-state index is 12.1. The first kappa shape index (κ1) is 16.4. The third kappa shape index (κ3) is 4.04. The van der Waals surface area contributed by atoms with E-state index in [1.54, 1.807) is 13.1 Å². The fourth-order valence-electron chi connectivity index (χ4n) is 2.35. The number of aromatic nitrogens is 1. The predicted octanol–water partition coefficient (Wildman–Crippen LogP) is 2.69. The number of hydrogen-bond donors (Lipinski definition) is 2. The molecule has 0 aliphatic rings. The zero-order chi connectivity index (χ0) is 16.2. The molecule has 0 radical (unpaired) electrons. The first-order valence-corrected chi connectivity index (χ1v) is 7.75. The number of hydrogen-bond acceptors (Lipinski definition) is 3. The molecule has 0 spiro atoms. The van der Waals surface area contributed by atoms with Gasteiger partial charge in [-0.05, 0) is 30.5 Å². The summed E-state index contributed by atoms with van der Waals surface area (Å²) in [5.41, 5.74) is 0.914. The van der Waals surface area contributed by atoms with Gasteiger partial charge in [0.1, 0.15) is 0 Å². The summed E-state index contributed by atoms with van der Waals surface area (Å²) in [6.07, 6.45) is 2.88. The Morgan fingerprint density at radius 3 is 2.86 bits per heavy atom. The van der Waals surface area contributed by atoms with Gasteiger partial charge in [-0.25, -0.2) is 0 Å². The number of carbonyl (C=O) groups is 1. The van der Waals surface area contributed by atoms with Crippen LogP contribution in [0.3, 0.4) is 0 Å². The first-order chi connectivity index (χ1) is 10.4. The van der Waals surface area contributed by atoms with E-state index in [0.717, 1.165) is 22.9 Å². The monoisotopic (exact) mass is 300 g/mol. The molecule has 1 aromatic heterocycles. The minimum absolute atomic E-state index is 0.0966. The molecule has 4 heteroatoms. The maximum absolute atomic E-state index is 12.1. The molecule has 2 N–H and O–H groups in total. The highest BCUT2D eigenvalue weighted by Crippen LogP contribution is 2.19. The largest absolute Gasteiger partial charge is 0.388 e. The molecular weight excluding hydrogens is 276 g/mol. The fraction of sp³-hybridized carbons (Fsp3) is 0.444. The molecule has 0 saturated carbocycles. The van der Waals surface area contributed by atoms with Crippen molar-refractivity contribution >= 4 is 16.8 Å². The number of rotatable bonds is 6. The highest BCUT2D eigenvalue weighted by atomic mass is 16.3. The van der Waals surface area contributed by atoms with Gasteiger partial charge in [-0.15, -0.1) is 0 Å². The number of fused-ring (bicyclic) bond motifs is 1. The van der Waals surface area contributed by atoms with E-state index < -0.39 is 5.60 Å². The summed E-state index contributed by atoms with van der Waals surface area (Å²) < 4.78 is 0. The molecule has 1 amide bonds. The summed E-state index contributed by atoms with van der Waals surface area (Å²) in [4.78, 5) is 16.4. The summed E-state index contributed by atoms with van der Waals surface area (Å²) in [6, 6.07) is 9.81. The molecule has 118 valence electrons. The molecule has 0 aliphatic carbocycles. The normalized spacial score (nSPS) is 15.3. The van der Waals surface area contributed by atoms with Gasteiger partial charge in [-0.3, -0.25) is 9.78 Å². The highest BCUT2D eigenvalue weighted by molar-refractivity contribution is 5.82. The smallest absolute Gasteiger partial charge is 0.224 e. The molecule has 0 bridgehead atoms. The topological polar surface area (TPSA) is 62.2 Å². The lowest BCUT2D eigenvalue weighted by atomic mass is 9.88. The van der Waals surface area contributed by atoms with Gasteiger partial charge in [0.2, 0.25) is 5.91 Å². The number of amides is 1. The van der Waals surface area contributed by atoms with Gasteiger partial charge in [0.25, 0.3) is 0 Å². The van der Waals surface area contributed by atoms with Crippen LogP contribution in [0.4, 0.5) is 0 Å². The number of para-hydroxylation sites is 1. The van der Waals surface area contributed by atoms with E-state index in [4.69, 9.17) is 0 Å². The Morgan fingerprint density at radius 2 is 2.14 bits per heavy atom. The van der Waals surface area contributed by atoms with Gasteiger partial charge in [-0.1, -0.05) is 38.5 Å². The van der Waals surface area contributed by atoms with E-state index in [9.17, 15) is 9.90 Å². The molecule has 0 saturated heterocycles. The molecular formula is C18H24N2O2. The number of benzene rings is 1. The molecule has 2 aromatic rings. The lowest BCUT2D eigenvalue weighted by Crippen LogP contribution is -2.45. The van der Waals surface area contributed by atoms with Crippen molar-refractivity contribution in [3.8, 4) is 0 Å². The van der Waals surface area contributed by atoms with Crippen molar-refractivity contribution in [1.82, 2.24) is 10.3 Å². The number of pyridine rings is 1. The minimum Gasteiger partial charge on any atom is -0.388 e. The van der Waals surface area contributed by atoms with E-state index in [0.29, 0.717) is 0 Å². The van der Waals surface area contributed by atoms with E-state index in [1.165, 1.54) is 0 Å². The summed E-state index contributed by atoms with van der Waals surface area (Å²) in [5.74, 6) is 0.0378. The molecule has 0 aliphatic heterocycles. The van der Waals surface area contributed by atoms with Gasteiger partial charge in [0.05, 0.1) is 17.5 Å². The molecule has 1 heterocycles.